The SMILES string of the molecule is C=Cc1oncc1C(C=O)=C(C)C.CC.CC. The average Bonchev–Trinajstić information content (AvgIpc) is 2.83. The zero-order valence-electron chi connectivity index (χ0n) is 11.7. The van der Waals surface area contributed by atoms with E-state index in [1.807, 2.05) is 41.5 Å². The maximum absolute atomic E-state index is 10.8. The first-order valence-electron chi connectivity index (χ1n) is 5.90. The summed E-state index contributed by atoms with van der Waals surface area (Å²) in [5.74, 6) is 0.531. The van der Waals surface area contributed by atoms with Crippen molar-refractivity contribution in [3.8, 4) is 0 Å². The number of aldehydes is 1. The molecule has 0 aliphatic rings. The minimum Gasteiger partial charge on any atom is -0.356 e. The number of carbonyl (C=O) groups excluding carboxylic acids is 1. The van der Waals surface area contributed by atoms with Crippen LogP contribution in [0.2, 0.25) is 0 Å². The van der Waals surface area contributed by atoms with Crippen molar-refractivity contribution in [3.63, 3.8) is 0 Å². The van der Waals surface area contributed by atoms with Crippen LogP contribution in [0.1, 0.15) is 52.9 Å². The second-order valence-electron chi connectivity index (χ2n) is 2.84. The molecule has 0 radical (unpaired) electrons. The van der Waals surface area contributed by atoms with Crippen LogP contribution in [0.4, 0.5) is 0 Å². The molecule has 0 aromatic carbocycles. The summed E-state index contributed by atoms with van der Waals surface area (Å²) >= 11 is 0. The number of aromatic nitrogens is 1. The molecule has 0 aliphatic carbocycles. The highest BCUT2D eigenvalue weighted by atomic mass is 16.5. The van der Waals surface area contributed by atoms with Crippen LogP contribution in [0.15, 0.2) is 22.9 Å². The summed E-state index contributed by atoms with van der Waals surface area (Å²) in [5, 5.41) is 3.60. The Bertz CT molecular complexity index is 358. The summed E-state index contributed by atoms with van der Waals surface area (Å²) in [6.07, 6.45) is 3.86. The second-order valence-corrected chi connectivity index (χ2v) is 2.84. The molecule has 0 aliphatic heterocycles. The highest BCUT2D eigenvalue weighted by Gasteiger charge is 2.10. The Hall–Kier alpha value is -1.64. The molecule has 1 aromatic rings. The van der Waals surface area contributed by atoms with E-state index in [1.54, 1.807) is 0 Å². The lowest BCUT2D eigenvalue weighted by Gasteiger charge is -1.98. The maximum atomic E-state index is 10.8. The van der Waals surface area contributed by atoms with Gasteiger partial charge in [-0.3, -0.25) is 4.79 Å². The van der Waals surface area contributed by atoms with Gasteiger partial charge in [0.1, 0.15) is 0 Å². The summed E-state index contributed by atoms with van der Waals surface area (Å²) in [4.78, 5) is 10.8. The fraction of sp³-hybridized carbons (Fsp3) is 0.429. The Morgan fingerprint density at radius 3 is 2.18 bits per heavy atom. The minimum absolute atomic E-state index is 0.531. The van der Waals surface area contributed by atoms with Crippen molar-refractivity contribution in [3.05, 3.63) is 29.7 Å². The van der Waals surface area contributed by atoms with E-state index in [9.17, 15) is 4.79 Å². The van der Waals surface area contributed by atoms with Gasteiger partial charge in [0.2, 0.25) is 0 Å². The highest BCUT2D eigenvalue weighted by molar-refractivity contribution is 6.08. The second kappa shape index (κ2) is 10.9. The Morgan fingerprint density at radius 2 is 1.82 bits per heavy atom. The van der Waals surface area contributed by atoms with E-state index in [4.69, 9.17) is 4.52 Å². The van der Waals surface area contributed by atoms with Crippen molar-refractivity contribution in [1.29, 1.82) is 0 Å². The molecule has 0 fully saturated rings. The largest absolute Gasteiger partial charge is 0.356 e. The fourth-order valence-corrected chi connectivity index (χ4v) is 1.05. The van der Waals surface area contributed by atoms with Crippen molar-refractivity contribution in [2.75, 3.05) is 0 Å². The monoisotopic (exact) mass is 237 g/mol. The normalized spacial score (nSPS) is 7.88. The van der Waals surface area contributed by atoms with Crippen molar-refractivity contribution < 1.29 is 9.32 Å². The van der Waals surface area contributed by atoms with E-state index in [0.29, 0.717) is 16.9 Å². The van der Waals surface area contributed by atoms with Crippen LogP contribution >= 0.6 is 0 Å². The van der Waals surface area contributed by atoms with Gasteiger partial charge in [0, 0.05) is 5.57 Å². The third-order valence-corrected chi connectivity index (χ3v) is 1.73. The fourth-order valence-electron chi connectivity index (χ4n) is 1.05. The molecule has 0 atom stereocenters. The Balaban J connectivity index is 0. The number of carbonyl (C=O) groups is 1. The van der Waals surface area contributed by atoms with Crippen LogP contribution in [-0.2, 0) is 4.79 Å². The lowest BCUT2D eigenvalue weighted by Crippen LogP contribution is -1.88. The van der Waals surface area contributed by atoms with Crippen molar-refractivity contribution >= 4 is 17.9 Å². The highest BCUT2D eigenvalue weighted by Crippen LogP contribution is 2.20. The molecule has 0 amide bonds. The van der Waals surface area contributed by atoms with Crippen LogP contribution in [0.25, 0.3) is 11.6 Å². The number of rotatable bonds is 3. The molecule has 1 rings (SSSR count). The first-order valence-corrected chi connectivity index (χ1v) is 5.90. The van der Waals surface area contributed by atoms with Crippen molar-refractivity contribution in [2.24, 2.45) is 0 Å². The third kappa shape index (κ3) is 5.29. The molecule has 1 heterocycles. The molecule has 3 nitrogen and oxygen atoms in total. The van der Waals surface area contributed by atoms with Gasteiger partial charge in [0.05, 0.1) is 11.8 Å². The Morgan fingerprint density at radius 1 is 1.29 bits per heavy atom. The van der Waals surface area contributed by atoms with Gasteiger partial charge in [-0.1, -0.05) is 45.0 Å². The minimum atomic E-state index is 0.531. The van der Waals surface area contributed by atoms with Crippen LogP contribution in [0.3, 0.4) is 0 Å². The quantitative estimate of drug-likeness (QED) is 0.579. The molecule has 0 saturated heterocycles. The predicted octanol–water partition coefficient (Wildman–Crippen LogP) is 4.36. The van der Waals surface area contributed by atoms with Crippen LogP contribution in [0.5, 0.6) is 0 Å². The van der Waals surface area contributed by atoms with Gasteiger partial charge in [-0.05, 0) is 19.9 Å². The molecule has 96 valence electrons. The first-order chi connectivity index (χ1) is 8.20. The van der Waals surface area contributed by atoms with E-state index in [2.05, 4.69) is 11.7 Å². The number of allylic oxidation sites excluding steroid dienone is 2. The standard InChI is InChI=1S/C10H11NO2.2C2H6/c1-4-10-8(5-11-13-10)9(6-12)7(2)3;2*1-2/h4-6H,1H2,2-3H3;2*1-2H3. The summed E-state index contributed by atoms with van der Waals surface area (Å²) in [6.45, 7) is 15.3. The van der Waals surface area contributed by atoms with Gasteiger partial charge in [-0.15, -0.1) is 0 Å². The van der Waals surface area contributed by atoms with Crippen LogP contribution in [0, 0.1) is 0 Å². The summed E-state index contributed by atoms with van der Waals surface area (Å²) in [5.41, 5.74) is 2.24. The molecule has 0 N–H and O–H groups in total. The van der Waals surface area contributed by atoms with E-state index < -0.39 is 0 Å². The molecule has 0 bridgehead atoms. The van der Waals surface area contributed by atoms with E-state index in [0.717, 1.165) is 11.9 Å². The van der Waals surface area contributed by atoms with Gasteiger partial charge in [-0.2, -0.15) is 0 Å². The summed E-state index contributed by atoms with van der Waals surface area (Å²) in [6, 6.07) is 0. The molecule has 17 heavy (non-hydrogen) atoms. The number of hydrogen-bond donors (Lipinski definition) is 0. The molecule has 1 aromatic heterocycles. The maximum Gasteiger partial charge on any atom is 0.166 e. The van der Waals surface area contributed by atoms with E-state index in [-0.39, 0.29) is 0 Å². The molecular formula is C14H23NO2. The van der Waals surface area contributed by atoms with Gasteiger partial charge in [0.25, 0.3) is 0 Å². The van der Waals surface area contributed by atoms with E-state index in [1.165, 1.54) is 12.3 Å². The smallest absolute Gasteiger partial charge is 0.166 e. The lowest BCUT2D eigenvalue weighted by atomic mass is 10.0. The number of nitrogens with zero attached hydrogens (tertiary/aromatic N) is 1. The molecule has 0 unspecified atom stereocenters. The molecular weight excluding hydrogens is 214 g/mol. The van der Waals surface area contributed by atoms with Crippen LogP contribution in [-0.4, -0.2) is 11.4 Å². The summed E-state index contributed by atoms with van der Waals surface area (Å²) < 4.78 is 4.89. The summed E-state index contributed by atoms with van der Waals surface area (Å²) in [7, 11) is 0. The number of hydrogen-bond acceptors (Lipinski definition) is 3. The molecule has 0 spiro atoms. The molecule has 0 saturated carbocycles. The third-order valence-electron chi connectivity index (χ3n) is 1.73. The lowest BCUT2D eigenvalue weighted by molar-refractivity contribution is -0.103. The van der Waals surface area contributed by atoms with Gasteiger partial charge in [-0.25, -0.2) is 0 Å². The van der Waals surface area contributed by atoms with Crippen LogP contribution < -0.4 is 0 Å². The Kier molecular flexibility index (Phi) is 11.3. The van der Waals surface area contributed by atoms with Crippen molar-refractivity contribution in [1.82, 2.24) is 5.16 Å². The van der Waals surface area contributed by atoms with Gasteiger partial charge >= 0.3 is 0 Å². The van der Waals surface area contributed by atoms with Crippen molar-refractivity contribution in [2.45, 2.75) is 41.5 Å². The molecule has 3 heteroatoms. The average molecular weight is 237 g/mol. The first kappa shape index (κ1) is 17.7. The van der Waals surface area contributed by atoms with Gasteiger partial charge < -0.3 is 4.52 Å². The van der Waals surface area contributed by atoms with Gasteiger partial charge in [0.15, 0.2) is 12.0 Å². The zero-order valence-corrected chi connectivity index (χ0v) is 11.7. The zero-order chi connectivity index (χ0) is 13.8. The topological polar surface area (TPSA) is 43.1 Å². The van der Waals surface area contributed by atoms with E-state index >= 15 is 0 Å². The predicted molar refractivity (Wildman–Crippen MR) is 73.6 cm³/mol. The Labute approximate surface area is 104 Å².